The summed E-state index contributed by atoms with van der Waals surface area (Å²) in [5.41, 5.74) is 0. The quantitative estimate of drug-likeness (QED) is 0.0277. The minimum atomic E-state index is -4.38. The number of likely N-dealkylation sites (N-methyl/N-ethyl adjacent to an activating group) is 1. The molecule has 10 heteroatoms. The molecule has 0 saturated heterocycles. The number of hydrogen-bond donors (Lipinski definition) is 1. The summed E-state index contributed by atoms with van der Waals surface area (Å²) < 4.78 is 33.5. The summed E-state index contributed by atoms with van der Waals surface area (Å²) >= 11 is 0. The lowest BCUT2D eigenvalue weighted by Gasteiger charge is -2.20. The van der Waals surface area contributed by atoms with Crippen molar-refractivity contribution in [2.45, 2.75) is 213 Å². The summed E-state index contributed by atoms with van der Waals surface area (Å²) in [5, 5.41) is 0. The monoisotopic (exact) mass is 852 g/mol. The Morgan fingerprint density at radius 2 is 0.932 bits per heavy atom. The first-order chi connectivity index (χ1) is 28.7. The molecular formula is C49H90NO8P. The zero-order valence-corrected chi connectivity index (χ0v) is 39.3. The van der Waals surface area contributed by atoms with E-state index >= 15 is 0 Å². The number of hydrogen-bond acceptors (Lipinski definition) is 8. The molecule has 2 unspecified atom stereocenters. The van der Waals surface area contributed by atoms with E-state index in [1.165, 1.54) is 122 Å². The van der Waals surface area contributed by atoms with Crippen molar-refractivity contribution in [3.05, 3.63) is 48.6 Å². The van der Waals surface area contributed by atoms with E-state index in [0.717, 1.165) is 44.9 Å². The highest BCUT2D eigenvalue weighted by atomic mass is 31.2. The molecule has 344 valence electrons. The Bertz CT molecular complexity index is 1120. The van der Waals surface area contributed by atoms with Crippen molar-refractivity contribution in [1.82, 2.24) is 4.90 Å². The highest BCUT2D eigenvalue weighted by Gasteiger charge is 2.26. The van der Waals surface area contributed by atoms with Crippen LogP contribution in [0.1, 0.15) is 206 Å². The molecule has 0 aromatic heterocycles. The molecule has 0 saturated carbocycles. The number of esters is 2. The molecule has 0 aliphatic carbocycles. The van der Waals surface area contributed by atoms with E-state index in [0.29, 0.717) is 19.4 Å². The minimum Gasteiger partial charge on any atom is -0.462 e. The number of phosphoric acid groups is 1. The van der Waals surface area contributed by atoms with Crippen LogP contribution in [-0.2, 0) is 32.7 Å². The summed E-state index contributed by atoms with van der Waals surface area (Å²) in [4.78, 5) is 37.1. The van der Waals surface area contributed by atoms with Crippen molar-refractivity contribution in [3.8, 4) is 0 Å². The van der Waals surface area contributed by atoms with Crippen LogP contribution in [0.25, 0.3) is 0 Å². The average molecular weight is 852 g/mol. The Morgan fingerprint density at radius 3 is 1.42 bits per heavy atom. The van der Waals surface area contributed by atoms with E-state index in [1.54, 1.807) is 0 Å². The van der Waals surface area contributed by atoms with Crippen molar-refractivity contribution >= 4 is 19.8 Å². The van der Waals surface area contributed by atoms with E-state index in [4.69, 9.17) is 18.5 Å². The van der Waals surface area contributed by atoms with Crippen molar-refractivity contribution in [2.75, 3.05) is 40.5 Å². The van der Waals surface area contributed by atoms with Gasteiger partial charge in [0.15, 0.2) is 6.10 Å². The molecular weight excluding hydrogens is 762 g/mol. The summed E-state index contributed by atoms with van der Waals surface area (Å²) in [6.45, 7) is 4.27. The van der Waals surface area contributed by atoms with Crippen molar-refractivity contribution in [3.63, 3.8) is 0 Å². The number of phosphoric ester groups is 1. The lowest BCUT2D eigenvalue weighted by Crippen LogP contribution is -2.29. The predicted molar refractivity (Wildman–Crippen MR) is 248 cm³/mol. The maximum Gasteiger partial charge on any atom is 0.472 e. The molecule has 0 aromatic rings. The normalized spacial score (nSPS) is 13.7. The van der Waals surface area contributed by atoms with Gasteiger partial charge in [-0.15, -0.1) is 0 Å². The highest BCUT2D eigenvalue weighted by Crippen LogP contribution is 2.43. The lowest BCUT2D eigenvalue weighted by atomic mass is 10.1. The van der Waals surface area contributed by atoms with Gasteiger partial charge in [0, 0.05) is 19.4 Å². The van der Waals surface area contributed by atoms with Crippen LogP contribution >= 0.6 is 7.82 Å². The first-order valence-corrected chi connectivity index (χ1v) is 25.4. The smallest absolute Gasteiger partial charge is 0.462 e. The van der Waals surface area contributed by atoms with Gasteiger partial charge in [0.25, 0.3) is 0 Å². The molecule has 0 spiro atoms. The molecule has 0 rings (SSSR count). The molecule has 0 heterocycles. The number of nitrogens with zero attached hydrogens (tertiary/aromatic N) is 1. The van der Waals surface area contributed by atoms with Gasteiger partial charge < -0.3 is 19.3 Å². The minimum absolute atomic E-state index is 0.00134. The first-order valence-electron chi connectivity index (χ1n) is 23.9. The Labute approximate surface area is 362 Å². The lowest BCUT2D eigenvalue weighted by molar-refractivity contribution is -0.161. The third-order valence-electron chi connectivity index (χ3n) is 10.1. The molecule has 0 amide bonds. The predicted octanol–water partition coefficient (Wildman–Crippen LogP) is 14.1. The van der Waals surface area contributed by atoms with Gasteiger partial charge in [0.1, 0.15) is 6.61 Å². The van der Waals surface area contributed by atoms with Crippen LogP contribution in [0.4, 0.5) is 0 Å². The second kappa shape index (κ2) is 44.0. The first kappa shape index (κ1) is 57.0. The SMILES string of the molecule is CCCCCCCC/C=C\C/C=C\C/C=C\CCCC(=O)OCC(COP(=O)(O)OCCN(C)C)OC(=O)CCCCCCCCCCC/C=C\CCCCCCCC. The molecule has 9 nitrogen and oxygen atoms in total. The van der Waals surface area contributed by atoms with Crippen LogP contribution in [0.3, 0.4) is 0 Å². The average Bonchev–Trinajstić information content (AvgIpc) is 3.20. The number of ether oxygens (including phenoxy) is 2. The number of unbranched alkanes of at least 4 members (excludes halogenated alkanes) is 22. The van der Waals surface area contributed by atoms with E-state index in [9.17, 15) is 19.0 Å². The fourth-order valence-corrected chi connectivity index (χ4v) is 7.15. The third kappa shape index (κ3) is 45.3. The van der Waals surface area contributed by atoms with E-state index in [2.05, 4.69) is 62.5 Å². The zero-order chi connectivity index (χ0) is 43.3. The summed E-state index contributed by atoms with van der Waals surface area (Å²) in [6, 6.07) is 0. The van der Waals surface area contributed by atoms with Crippen molar-refractivity contribution in [1.29, 1.82) is 0 Å². The van der Waals surface area contributed by atoms with Crippen LogP contribution in [0, 0.1) is 0 Å². The molecule has 1 N–H and O–H groups in total. The maximum atomic E-state index is 12.7. The molecule has 0 aromatic carbocycles. The van der Waals surface area contributed by atoms with Gasteiger partial charge >= 0.3 is 19.8 Å². The second-order valence-corrected chi connectivity index (χ2v) is 17.7. The summed E-state index contributed by atoms with van der Waals surface area (Å²) in [7, 11) is -0.734. The summed E-state index contributed by atoms with van der Waals surface area (Å²) in [6.07, 6.45) is 50.2. The molecule has 0 aliphatic heterocycles. The number of carbonyl (C=O) groups excluding carboxylic acids is 2. The van der Waals surface area contributed by atoms with Crippen LogP contribution in [0.15, 0.2) is 48.6 Å². The highest BCUT2D eigenvalue weighted by molar-refractivity contribution is 7.47. The third-order valence-corrected chi connectivity index (χ3v) is 11.1. The largest absolute Gasteiger partial charge is 0.472 e. The standard InChI is InChI=1S/C49H90NO8P/c1-5-7-9-11-13-15-17-19-21-23-24-26-28-30-32-34-36-38-40-42-49(52)58-47(46-57-59(53,54)56-44-43-50(3)4)45-55-48(51)41-39-37-35-33-31-29-27-25-22-20-18-16-14-12-10-8-6-2/h19-22,27,29,33,35,47H,5-18,23-26,28,30-32,34,36-46H2,1-4H3,(H,53,54)/b21-19-,22-20-,29-27-,35-33-. The zero-order valence-electron chi connectivity index (χ0n) is 38.4. The van der Waals surface area contributed by atoms with Gasteiger partial charge in [-0.3, -0.25) is 18.6 Å². The second-order valence-electron chi connectivity index (χ2n) is 16.3. The van der Waals surface area contributed by atoms with Crippen molar-refractivity contribution < 1.29 is 37.6 Å². The van der Waals surface area contributed by atoms with Gasteiger partial charge in [-0.1, -0.05) is 172 Å². The Hall–Kier alpha value is -2.03. The fraction of sp³-hybridized carbons (Fsp3) is 0.796. The Morgan fingerprint density at radius 1 is 0.525 bits per heavy atom. The van der Waals surface area contributed by atoms with Crippen LogP contribution in [-0.4, -0.2) is 68.3 Å². The molecule has 0 radical (unpaired) electrons. The summed E-state index contributed by atoms with van der Waals surface area (Å²) in [5.74, 6) is -0.863. The van der Waals surface area contributed by atoms with Gasteiger partial charge in [-0.25, -0.2) is 4.57 Å². The van der Waals surface area contributed by atoms with E-state index < -0.39 is 32.5 Å². The number of rotatable bonds is 44. The van der Waals surface area contributed by atoms with Gasteiger partial charge in [0.2, 0.25) is 0 Å². The maximum absolute atomic E-state index is 12.7. The van der Waals surface area contributed by atoms with Gasteiger partial charge in [-0.2, -0.15) is 0 Å². The fourth-order valence-electron chi connectivity index (χ4n) is 6.40. The Kier molecular flexibility index (Phi) is 42.5. The molecule has 0 bridgehead atoms. The van der Waals surface area contributed by atoms with Crippen LogP contribution < -0.4 is 0 Å². The van der Waals surface area contributed by atoms with E-state index in [1.807, 2.05) is 19.0 Å². The molecule has 0 aliphatic rings. The molecule has 0 fully saturated rings. The van der Waals surface area contributed by atoms with E-state index in [-0.39, 0.29) is 26.1 Å². The van der Waals surface area contributed by atoms with Crippen LogP contribution in [0.5, 0.6) is 0 Å². The number of carbonyl (C=O) groups is 2. The Balaban J connectivity index is 4.31. The van der Waals surface area contributed by atoms with Gasteiger partial charge in [0.05, 0.1) is 13.2 Å². The number of allylic oxidation sites excluding steroid dienone is 8. The molecule has 59 heavy (non-hydrogen) atoms. The van der Waals surface area contributed by atoms with Gasteiger partial charge in [-0.05, 0) is 84.7 Å². The topological polar surface area (TPSA) is 112 Å². The van der Waals surface area contributed by atoms with Crippen molar-refractivity contribution in [2.24, 2.45) is 0 Å². The van der Waals surface area contributed by atoms with Crippen LogP contribution in [0.2, 0.25) is 0 Å². The molecule has 2 atom stereocenters.